The Balaban J connectivity index is 1.87. The quantitative estimate of drug-likeness (QED) is 0.340. The molecule has 2 aromatic carbocycles. The minimum absolute atomic E-state index is 0.446. The highest BCUT2D eigenvalue weighted by Gasteiger charge is 1.98. The third kappa shape index (κ3) is 6.40. The van der Waals surface area contributed by atoms with Crippen LogP contribution in [0.4, 0.5) is 0 Å². The summed E-state index contributed by atoms with van der Waals surface area (Å²) in [7, 11) is 0. The van der Waals surface area contributed by atoms with Crippen molar-refractivity contribution < 1.29 is 4.74 Å². The molecular formula is C18H18ClN3OS. The van der Waals surface area contributed by atoms with Crippen LogP contribution in [0.15, 0.2) is 66.3 Å². The molecule has 0 saturated carbocycles. The Kier molecular flexibility index (Phi) is 7.26. The highest BCUT2D eigenvalue weighted by molar-refractivity contribution is 7.80. The number of thiocarbonyl (C=S) groups is 1. The first-order valence-electron chi connectivity index (χ1n) is 7.32. The van der Waals surface area contributed by atoms with Gasteiger partial charge in [0.1, 0.15) is 12.4 Å². The Morgan fingerprint density at radius 2 is 2.04 bits per heavy atom. The van der Waals surface area contributed by atoms with Crippen molar-refractivity contribution >= 4 is 35.1 Å². The molecule has 4 nitrogen and oxygen atoms in total. The summed E-state index contributed by atoms with van der Waals surface area (Å²) in [6.07, 6.45) is 3.40. The lowest BCUT2D eigenvalue weighted by atomic mass is 10.2. The number of rotatable bonds is 7. The second-order valence-corrected chi connectivity index (χ2v) is 5.70. The number of hydrogen-bond acceptors (Lipinski definition) is 3. The predicted octanol–water partition coefficient (Wildman–Crippen LogP) is 3.90. The normalized spacial score (nSPS) is 10.4. The monoisotopic (exact) mass is 359 g/mol. The Labute approximate surface area is 152 Å². The highest BCUT2D eigenvalue weighted by Crippen LogP contribution is 2.15. The summed E-state index contributed by atoms with van der Waals surface area (Å²) in [5, 5.41) is 8.17. The molecular weight excluding hydrogens is 342 g/mol. The molecule has 0 aliphatic rings. The topological polar surface area (TPSA) is 45.7 Å². The summed E-state index contributed by atoms with van der Waals surface area (Å²) < 4.78 is 5.78. The van der Waals surface area contributed by atoms with Crippen LogP contribution in [0.3, 0.4) is 0 Å². The summed E-state index contributed by atoms with van der Waals surface area (Å²) in [5.41, 5.74) is 4.70. The summed E-state index contributed by atoms with van der Waals surface area (Å²) in [5.74, 6) is 0.765. The number of nitrogens with one attached hydrogen (secondary N) is 2. The number of nitrogens with zero attached hydrogens (tertiary/aromatic N) is 1. The first-order valence-corrected chi connectivity index (χ1v) is 8.11. The van der Waals surface area contributed by atoms with Gasteiger partial charge in [0.25, 0.3) is 0 Å². The van der Waals surface area contributed by atoms with Crippen molar-refractivity contribution in [3.8, 4) is 5.75 Å². The van der Waals surface area contributed by atoms with Crippen LogP contribution in [-0.4, -0.2) is 17.9 Å². The first kappa shape index (κ1) is 18.0. The first-order chi connectivity index (χ1) is 11.7. The van der Waals surface area contributed by atoms with Gasteiger partial charge in [-0.1, -0.05) is 41.9 Å². The van der Waals surface area contributed by atoms with Crippen LogP contribution in [0, 0.1) is 0 Å². The number of hydrogen-bond donors (Lipinski definition) is 2. The average molecular weight is 360 g/mol. The van der Waals surface area contributed by atoms with Crippen molar-refractivity contribution in [2.45, 2.75) is 6.61 Å². The molecule has 0 saturated heterocycles. The molecule has 24 heavy (non-hydrogen) atoms. The molecule has 0 spiro atoms. The lowest BCUT2D eigenvalue weighted by Gasteiger charge is -2.07. The van der Waals surface area contributed by atoms with Crippen molar-refractivity contribution in [1.82, 2.24) is 10.7 Å². The lowest BCUT2D eigenvalue weighted by molar-refractivity contribution is 0.306. The molecule has 0 heterocycles. The van der Waals surface area contributed by atoms with Crippen molar-refractivity contribution in [2.75, 3.05) is 6.54 Å². The van der Waals surface area contributed by atoms with Gasteiger partial charge in [-0.15, -0.1) is 6.58 Å². The molecule has 0 bridgehead atoms. The maximum absolute atomic E-state index is 5.87. The lowest BCUT2D eigenvalue weighted by Crippen LogP contribution is -2.31. The van der Waals surface area contributed by atoms with E-state index in [2.05, 4.69) is 22.4 Å². The molecule has 0 radical (unpaired) electrons. The van der Waals surface area contributed by atoms with Gasteiger partial charge in [-0.05, 0) is 47.6 Å². The standard InChI is InChI=1S/C18H18ClN3OS/c1-2-10-20-18(24)22-21-12-15-4-3-5-17(11-15)23-13-14-6-8-16(19)9-7-14/h2-9,11-12H,1,10,13H2,(H2,20,22,24). The fourth-order valence-corrected chi connectivity index (χ4v) is 2.06. The van der Waals surface area contributed by atoms with E-state index >= 15 is 0 Å². The summed E-state index contributed by atoms with van der Waals surface area (Å²) in [6.45, 7) is 4.68. The van der Waals surface area contributed by atoms with Crippen LogP contribution in [0.5, 0.6) is 5.75 Å². The van der Waals surface area contributed by atoms with Gasteiger partial charge in [0, 0.05) is 11.6 Å². The Morgan fingerprint density at radius 1 is 1.25 bits per heavy atom. The Morgan fingerprint density at radius 3 is 2.79 bits per heavy atom. The van der Waals surface area contributed by atoms with Crippen molar-refractivity contribution in [3.63, 3.8) is 0 Å². The molecule has 0 aliphatic heterocycles. The molecule has 2 rings (SSSR count). The number of benzene rings is 2. The van der Waals surface area contributed by atoms with Gasteiger partial charge in [-0.25, -0.2) is 0 Å². The Bertz CT molecular complexity index is 716. The molecule has 6 heteroatoms. The smallest absolute Gasteiger partial charge is 0.187 e. The van der Waals surface area contributed by atoms with Gasteiger partial charge >= 0.3 is 0 Å². The van der Waals surface area contributed by atoms with E-state index < -0.39 is 0 Å². The van der Waals surface area contributed by atoms with E-state index in [9.17, 15) is 0 Å². The fourth-order valence-electron chi connectivity index (χ4n) is 1.80. The van der Waals surface area contributed by atoms with Gasteiger partial charge < -0.3 is 10.1 Å². The predicted molar refractivity (Wildman–Crippen MR) is 104 cm³/mol. The summed E-state index contributed by atoms with van der Waals surface area (Å²) >= 11 is 10.9. The molecule has 0 aliphatic carbocycles. The SMILES string of the molecule is C=CCNC(=S)NN=Cc1cccc(OCc2ccc(Cl)cc2)c1. The average Bonchev–Trinajstić information content (AvgIpc) is 2.60. The number of ether oxygens (including phenoxy) is 1. The summed E-state index contributed by atoms with van der Waals surface area (Å²) in [4.78, 5) is 0. The van der Waals surface area contributed by atoms with E-state index in [1.165, 1.54) is 0 Å². The zero-order chi connectivity index (χ0) is 17.2. The van der Waals surface area contributed by atoms with E-state index in [0.717, 1.165) is 16.9 Å². The number of hydrazone groups is 1. The van der Waals surface area contributed by atoms with Crippen LogP contribution in [0.2, 0.25) is 5.02 Å². The minimum atomic E-state index is 0.446. The second-order valence-electron chi connectivity index (χ2n) is 4.86. The van der Waals surface area contributed by atoms with Crippen LogP contribution in [0.1, 0.15) is 11.1 Å². The van der Waals surface area contributed by atoms with Crippen molar-refractivity contribution in [1.29, 1.82) is 0 Å². The molecule has 0 atom stereocenters. The molecule has 124 valence electrons. The highest BCUT2D eigenvalue weighted by atomic mass is 35.5. The van der Waals surface area contributed by atoms with E-state index in [1.54, 1.807) is 12.3 Å². The fraction of sp³-hybridized carbons (Fsp3) is 0.111. The van der Waals surface area contributed by atoms with Crippen molar-refractivity contribution in [3.05, 3.63) is 77.3 Å². The maximum Gasteiger partial charge on any atom is 0.187 e. The third-order valence-electron chi connectivity index (χ3n) is 2.96. The number of halogens is 1. The zero-order valence-electron chi connectivity index (χ0n) is 13.0. The van der Waals surface area contributed by atoms with Crippen LogP contribution in [-0.2, 0) is 6.61 Å². The van der Waals surface area contributed by atoms with Crippen LogP contribution < -0.4 is 15.5 Å². The van der Waals surface area contributed by atoms with E-state index in [-0.39, 0.29) is 0 Å². The molecule has 0 fully saturated rings. The molecule has 2 aromatic rings. The van der Waals surface area contributed by atoms with Crippen molar-refractivity contribution in [2.24, 2.45) is 5.10 Å². The van der Waals surface area contributed by atoms with Gasteiger partial charge in [0.15, 0.2) is 5.11 Å². The van der Waals surface area contributed by atoms with E-state index in [0.29, 0.717) is 23.3 Å². The zero-order valence-corrected chi connectivity index (χ0v) is 14.6. The third-order valence-corrected chi connectivity index (χ3v) is 3.45. The summed E-state index contributed by atoms with van der Waals surface area (Å²) in [6, 6.07) is 15.2. The molecule has 0 amide bonds. The molecule has 0 unspecified atom stereocenters. The van der Waals surface area contributed by atoms with Gasteiger partial charge in [0.05, 0.1) is 6.21 Å². The van der Waals surface area contributed by atoms with Crippen LogP contribution >= 0.6 is 23.8 Å². The van der Waals surface area contributed by atoms with E-state index in [4.69, 9.17) is 28.6 Å². The molecule has 0 aromatic heterocycles. The maximum atomic E-state index is 5.87. The van der Waals surface area contributed by atoms with E-state index in [1.807, 2.05) is 48.5 Å². The second kappa shape index (κ2) is 9.70. The van der Waals surface area contributed by atoms with Gasteiger partial charge in [0.2, 0.25) is 0 Å². The Hall–Kier alpha value is -2.37. The molecule has 2 N–H and O–H groups in total. The van der Waals surface area contributed by atoms with Gasteiger partial charge in [-0.3, -0.25) is 5.43 Å². The largest absolute Gasteiger partial charge is 0.489 e. The minimum Gasteiger partial charge on any atom is -0.489 e. The van der Waals surface area contributed by atoms with Crippen LogP contribution in [0.25, 0.3) is 0 Å². The van der Waals surface area contributed by atoms with Gasteiger partial charge in [-0.2, -0.15) is 5.10 Å².